The van der Waals surface area contributed by atoms with Crippen LogP contribution in [0.4, 0.5) is 4.79 Å². The average Bonchev–Trinajstić information content (AvgIpc) is 0.800. The van der Waals surface area contributed by atoms with Crippen LogP contribution < -0.4 is 65.6 Å². The quantitative estimate of drug-likeness (QED) is 0.0234. The molecule has 3 aliphatic heterocycles. The molecule has 0 saturated heterocycles. The Morgan fingerprint density at radius 1 is 0.389 bits per heavy atom. The summed E-state index contributed by atoms with van der Waals surface area (Å²) in [5, 5.41) is 33.4. The number of rotatable bonds is 26. The number of hydrogen-bond acceptors (Lipinski definition) is 17. The Labute approximate surface area is 661 Å². The monoisotopic (exact) mass is 1530 g/mol. The van der Waals surface area contributed by atoms with Gasteiger partial charge in [0.15, 0.2) is 34.5 Å². The summed E-state index contributed by atoms with van der Waals surface area (Å²) in [6.07, 6.45) is 1.18. The number of benzene rings is 9. The predicted octanol–water partition coefficient (Wildman–Crippen LogP) is 12.1. The SMILES string of the molecule is CC(C)(C)OC(=O)NCCCC[C@H]1CN2CCNC(=O)c3ccc(c(OCc4ccccc4)c3OCc3ccccc3)CNCCN(CCNC(=O)c3ccc(c(OCc4ccccc4)c3OCc3ccccc3)C(=O)N[C@@H](CCCO)C2)CCNC(=O)c2ccc(c(OCc3ccccc3)c2OCc2ccccc2)C(=O)N1. The third-order valence-electron chi connectivity index (χ3n) is 19.0. The number of nitrogens with zero attached hydrogens (tertiary/aromatic N) is 2. The van der Waals surface area contributed by atoms with Crippen LogP contribution in [0.25, 0.3) is 0 Å². The van der Waals surface area contributed by atoms with Gasteiger partial charge in [0, 0.05) is 103 Å². The molecule has 12 rings (SSSR count). The minimum atomic E-state index is -0.747. The molecule has 0 spiro atoms. The third-order valence-corrected chi connectivity index (χ3v) is 19.0. The Kier molecular flexibility index (Phi) is 31.0. The summed E-state index contributed by atoms with van der Waals surface area (Å²) in [5.74, 6) is -1.90. The first-order chi connectivity index (χ1) is 55.1. The summed E-state index contributed by atoms with van der Waals surface area (Å²) >= 11 is 0. The fraction of sp³-hybridized carbons (Fsp3) is 0.333. The molecule has 2 unspecified atom stereocenters. The lowest BCUT2D eigenvalue weighted by Crippen LogP contribution is -2.51. The van der Waals surface area contributed by atoms with Crippen molar-refractivity contribution in [1.29, 1.82) is 0 Å². The highest BCUT2D eigenvalue weighted by Gasteiger charge is 2.32. The Hall–Kier alpha value is -11.8. The molecule has 6 amide bonds. The first kappa shape index (κ1) is 82.2. The molecule has 0 aromatic heterocycles. The normalized spacial score (nSPS) is 16.8. The number of aliphatic hydroxyl groups excluding tert-OH is 1. The van der Waals surface area contributed by atoms with Gasteiger partial charge in [-0.1, -0.05) is 188 Å². The van der Waals surface area contributed by atoms with Gasteiger partial charge in [-0.15, -0.1) is 0 Å². The zero-order valence-electron chi connectivity index (χ0n) is 64.6. The molecule has 23 heteroatoms. The van der Waals surface area contributed by atoms with Crippen LogP contribution in [-0.2, 0) is 50.9 Å². The zero-order chi connectivity index (χ0) is 79.0. The Balaban J connectivity index is 1.05. The zero-order valence-corrected chi connectivity index (χ0v) is 64.6. The number of aliphatic hydroxyl groups is 1. The van der Waals surface area contributed by atoms with Crippen LogP contribution in [0.5, 0.6) is 34.5 Å². The summed E-state index contributed by atoms with van der Waals surface area (Å²) in [6.45, 7) is 7.73. The van der Waals surface area contributed by atoms with E-state index >= 15 is 24.0 Å². The molecule has 0 saturated carbocycles. The molecule has 0 aliphatic carbocycles. The van der Waals surface area contributed by atoms with E-state index in [2.05, 4.69) is 42.1 Å². The smallest absolute Gasteiger partial charge is 0.407 e. The minimum absolute atomic E-state index is 0.000870. The molecular weight excluding hydrogens is 1430 g/mol. The maximum Gasteiger partial charge on any atom is 0.407 e. The van der Waals surface area contributed by atoms with Gasteiger partial charge in [-0.2, -0.15) is 0 Å². The molecule has 8 N–H and O–H groups in total. The van der Waals surface area contributed by atoms with E-state index in [4.69, 9.17) is 33.2 Å². The van der Waals surface area contributed by atoms with Gasteiger partial charge in [0.2, 0.25) is 0 Å². The van der Waals surface area contributed by atoms with E-state index in [1.807, 2.05) is 193 Å². The molecule has 4 atom stereocenters. The van der Waals surface area contributed by atoms with Crippen molar-refractivity contribution in [3.63, 3.8) is 0 Å². The van der Waals surface area contributed by atoms with Crippen LogP contribution in [-0.4, -0.2) is 147 Å². The fourth-order valence-electron chi connectivity index (χ4n) is 13.3. The fourth-order valence-corrected chi connectivity index (χ4v) is 13.3. The number of carbonyl (C=O) groups is 6. The lowest BCUT2D eigenvalue weighted by atomic mass is 10.0. The van der Waals surface area contributed by atoms with Crippen molar-refractivity contribution in [3.8, 4) is 34.5 Å². The number of nitrogens with one attached hydrogen (secondary N) is 7. The number of alkyl carbamates (subject to hydrolysis) is 1. The van der Waals surface area contributed by atoms with Gasteiger partial charge in [-0.3, -0.25) is 33.8 Å². The molecular formula is C90H103N9O14. The van der Waals surface area contributed by atoms with Crippen molar-refractivity contribution in [3.05, 3.63) is 285 Å². The van der Waals surface area contributed by atoms with Crippen molar-refractivity contribution in [2.45, 2.75) is 117 Å². The van der Waals surface area contributed by atoms with Gasteiger partial charge in [-0.25, -0.2) is 4.79 Å². The van der Waals surface area contributed by atoms with Crippen LogP contribution in [0, 0.1) is 0 Å². The van der Waals surface area contributed by atoms with Crippen LogP contribution in [0.15, 0.2) is 218 Å². The molecule has 3 heterocycles. The lowest BCUT2D eigenvalue weighted by molar-refractivity contribution is 0.0526. The maximum absolute atomic E-state index is 15.9. The highest BCUT2D eigenvalue weighted by Crippen LogP contribution is 2.40. The number of fused-ring (bicyclic) bond motifs is 18. The van der Waals surface area contributed by atoms with Crippen LogP contribution in [0.3, 0.4) is 0 Å². The lowest BCUT2D eigenvalue weighted by Gasteiger charge is -2.32. The Morgan fingerprint density at radius 2 is 0.699 bits per heavy atom. The summed E-state index contributed by atoms with van der Waals surface area (Å²) in [7, 11) is 0. The highest BCUT2D eigenvalue weighted by molar-refractivity contribution is 6.04. The Bertz CT molecular complexity index is 4540. The molecule has 9 aromatic rings. The number of ether oxygens (including phenoxy) is 7. The van der Waals surface area contributed by atoms with Gasteiger partial charge in [0.1, 0.15) is 45.2 Å². The topological polar surface area (TPSA) is 278 Å². The van der Waals surface area contributed by atoms with E-state index in [-0.39, 0.29) is 181 Å². The number of hydrogen-bond donors (Lipinski definition) is 8. The number of amides is 6. The van der Waals surface area contributed by atoms with Crippen molar-refractivity contribution >= 4 is 35.6 Å². The van der Waals surface area contributed by atoms with E-state index in [0.29, 0.717) is 43.7 Å². The molecule has 8 bridgehead atoms. The second kappa shape index (κ2) is 42.6. The van der Waals surface area contributed by atoms with Gasteiger partial charge >= 0.3 is 6.09 Å². The minimum Gasteiger partial charge on any atom is -0.485 e. The number of unbranched alkanes of at least 4 members (excludes halogenated alkanes) is 1. The molecule has 3 aliphatic rings. The summed E-state index contributed by atoms with van der Waals surface area (Å²) < 4.78 is 46.2. The molecule has 23 nitrogen and oxygen atoms in total. The van der Waals surface area contributed by atoms with Crippen molar-refractivity contribution < 1.29 is 67.0 Å². The van der Waals surface area contributed by atoms with E-state index in [0.717, 1.165) is 33.4 Å². The first-order valence-corrected chi connectivity index (χ1v) is 38.8. The van der Waals surface area contributed by atoms with Gasteiger partial charge < -0.3 is 75.5 Å². The predicted molar refractivity (Wildman–Crippen MR) is 432 cm³/mol. The molecule has 0 fully saturated rings. The molecule has 9 aromatic carbocycles. The molecule has 113 heavy (non-hydrogen) atoms. The van der Waals surface area contributed by atoms with E-state index < -0.39 is 53.3 Å². The van der Waals surface area contributed by atoms with Gasteiger partial charge in [0.05, 0.1) is 27.8 Å². The van der Waals surface area contributed by atoms with Gasteiger partial charge in [0.25, 0.3) is 29.5 Å². The van der Waals surface area contributed by atoms with Crippen LogP contribution >= 0.6 is 0 Å². The molecule has 0 radical (unpaired) electrons. The average molecular weight is 1530 g/mol. The first-order valence-electron chi connectivity index (χ1n) is 38.8. The van der Waals surface area contributed by atoms with Gasteiger partial charge in [-0.05, 0) is 117 Å². The molecule has 592 valence electrons. The van der Waals surface area contributed by atoms with Crippen molar-refractivity contribution in [2.24, 2.45) is 0 Å². The largest absolute Gasteiger partial charge is 0.485 e. The van der Waals surface area contributed by atoms with Crippen LogP contribution in [0.1, 0.15) is 144 Å². The van der Waals surface area contributed by atoms with E-state index in [1.165, 1.54) is 0 Å². The van der Waals surface area contributed by atoms with E-state index in [9.17, 15) is 9.90 Å². The summed E-state index contributed by atoms with van der Waals surface area (Å²) in [4.78, 5) is 94.5. The standard InChI is InChI=1S/C90H103N9O14/c1-90(2,3)113-89(106)95-45-23-22-37-71-56-99-53-49-94-84(101)73-40-39-70(78(107-58-64-25-10-4-11-26-64)79(73)108-59-65-27-12-5-13-28-65)55-91-46-50-98(51-47-92-85(102)74-41-43-76(87(104)96-71)82(111-62-68-33-18-8-19-34-68)80(74)109-60-66-29-14-6-15-30-66)52-48-93-86(103)75-42-44-77(88(105)97-72(57-99)38-24-54-100)83(112-63-69-35-20-9-21-36-69)81(75)110-61-67-31-16-7-17-32-67/h4-21,25-36,39-44,71-72,91,100H,22-24,37-38,45-63H2,1-3H3,(H,92,102)(H,93,103)(H,94,101)(H,95,106)(H,96,104)(H,97,105)/t71-,72-/m0/s1. The summed E-state index contributed by atoms with van der Waals surface area (Å²) in [5.41, 5.74) is 5.40. The second-order valence-electron chi connectivity index (χ2n) is 28.9. The third kappa shape index (κ3) is 25.4. The van der Waals surface area contributed by atoms with Crippen LogP contribution in [0.2, 0.25) is 0 Å². The maximum atomic E-state index is 15.9. The highest BCUT2D eigenvalue weighted by atomic mass is 16.6. The second-order valence-corrected chi connectivity index (χ2v) is 28.9. The number of carbonyl (C=O) groups excluding carboxylic acids is 6. The van der Waals surface area contributed by atoms with Crippen molar-refractivity contribution in [2.75, 3.05) is 78.6 Å². The van der Waals surface area contributed by atoms with Crippen molar-refractivity contribution in [1.82, 2.24) is 47.0 Å². The van der Waals surface area contributed by atoms with E-state index in [1.54, 1.807) is 51.1 Å². The Morgan fingerprint density at radius 3 is 1.05 bits per heavy atom. The summed E-state index contributed by atoms with van der Waals surface area (Å²) in [6, 6.07) is 65.5.